The molecule has 0 saturated carbocycles. The molecule has 0 unspecified atom stereocenters. The number of hydrogen-bond acceptors (Lipinski definition) is 3. The zero-order valence-corrected chi connectivity index (χ0v) is 10.4. The average Bonchev–Trinajstić information content (AvgIpc) is 2.79. The van der Waals surface area contributed by atoms with Crippen molar-refractivity contribution in [1.29, 1.82) is 0 Å². The highest BCUT2D eigenvalue weighted by Gasteiger charge is 2.05. The van der Waals surface area contributed by atoms with E-state index in [9.17, 15) is 0 Å². The van der Waals surface area contributed by atoms with E-state index in [2.05, 4.69) is 47.7 Å². The Kier molecular flexibility index (Phi) is 3.70. The first-order valence-electron chi connectivity index (χ1n) is 5.43. The molecular weight excluding hydrogens is 216 g/mol. The van der Waals surface area contributed by atoms with Gasteiger partial charge >= 0.3 is 0 Å². The summed E-state index contributed by atoms with van der Waals surface area (Å²) in [5, 5.41) is 5.61. The van der Waals surface area contributed by atoms with Gasteiger partial charge in [0.1, 0.15) is 0 Å². The maximum Gasteiger partial charge on any atom is 0.0388 e. The van der Waals surface area contributed by atoms with Gasteiger partial charge in [-0.2, -0.15) is 0 Å². The average molecular weight is 232 g/mol. The Balaban J connectivity index is 1.92. The van der Waals surface area contributed by atoms with Gasteiger partial charge in [0.2, 0.25) is 0 Å². The van der Waals surface area contributed by atoms with Gasteiger partial charge in [0.05, 0.1) is 0 Å². The van der Waals surface area contributed by atoms with Crippen LogP contribution < -0.4 is 5.32 Å². The van der Waals surface area contributed by atoms with Crippen LogP contribution in [0.2, 0.25) is 0 Å². The lowest BCUT2D eigenvalue weighted by molar-refractivity contribution is 0.582. The summed E-state index contributed by atoms with van der Waals surface area (Å²) in [5.74, 6) is 0. The van der Waals surface area contributed by atoms with E-state index in [1.165, 1.54) is 16.0 Å². The predicted molar refractivity (Wildman–Crippen MR) is 68.5 cm³/mol. The topological polar surface area (TPSA) is 24.9 Å². The van der Waals surface area contributed by atoms with Crippen molar-refractivity contribution in [1.82, 2.24) is 10.3 Å². The van der Waals surface area contributed by atoms with Gasteiger partial charge in [-0.15, -0.1) is 11.3 Å². The Morgan fingerprint density at radius 3 is 3.00 bits per heavy atom. The van der Waals surface area contributed by atoms with Crippen LogP contribution >= 0.6 is 11.3 Å². The van der Waals surface area contributed by atoms with Crippen LogP contribution in [0.15, 0.2) is 36.0 Å². The molecule has 0 spiro atoms. The van der Waals surface area contributed by atoms with E-state index in [-0.39, 0.29) is 0 Å². The van der Waals surface area contributed by atoms with E-state index in [1.54, 1.807) is 11.3 Å². The third-order valence-electron chi connectivity index (χ3n) is 2.51. The fourth-order valence-electron chi connectivity index (χ4n) is 1.62. The number of pyridine rings is 1. The molecule has 0 bridgehead atoms. The number of aryl methyl sites for hydroxylation is 1. The van der Waals surface area contributed by atoms with Crippen LogP contribution in [0, 0.1) is 6.92 Å². The lowest BCUT2D eigenvalue weighted by Crippen LogP contribution is -2.17. The van der Waals surface area contributed by atoms with Crippen LogP contribution in [0.4, 0.5) is 0 Å². The van der Waals surface area contributed by atoms with Gasteiger partial charge in [-0.05, 0) is 36.4 Å². The van der Waals surface area contributed by atoms with Gasteiger partial charge in [0.25, 0.3) is 0 Å². The SMILES string of the molecule is Cc1cncc(CN[C@@H](C)c2cccs2)c1. The Morgan fingerprint density at radius 1 is 1.44 bits per heavy atom. The highest BCUT2D eigenvalue weighted by molar-refractivity contribution is 7.10. The molecule has 84 valence electrons. The summed E-state index contributed by atoms with van der Waals surface area (Å²) in [5.41, 5.74) is 2.45. The molecule has 2 aromatic heterocycles. The van der Waals surface area contributed by atoms with E-state index in [0.717, 1.165) is 6.54 Å². The van der Waals surface area contributed by atoms with Crippen molar-refractivity contribution in [3.63, 3.8) is 0 Å². The van der Waals surface area contributed by atoms with Gasteiger partial charge in [-0.25, -0.2) is 0 Å². The zero-order chi connectivity index (χ0) is 11.4. The summed E-state index contributed by atoms with van der Waals surface area (Å²) in [6, 6.07) is 6.82. The molecule has 16 heavy (non-hydrogen) atoms. The fraction of sp³-hybridized carbons (Fsp3) is 0.308. The van der Waals surface area contributed by atoms with E-state index in [4.69, 9.17) is 0 Å². The Morgan fingerprint density at radius 2 is 2.31 bits per heavy atom. The molecule has 3 heteroatoms. The third kappa shape index (κ3) is 2.90. The molecule has 0 aliphatic carbocycles. The fourth-order valence-corrected chi connectivity index (χ4v) is 2.38. The molecule has 2 nitrogen and oxygen atoms in total. The van der Waals surface area contributed by atoms with Gasteiger partial charge < -0.3 is 5.32 Å². The molecule has 0 aliphatic rings. The standard InChI is InChI=1S/C13H16N2S/c1-10-6-12(8-14-7-10)9-15-11(2)13-4-3-5-16-13/h3-8,11,15H,9H2,1-2H3/t11-/m0/s1. The summed E-state index contributed by atoms with van der Waals surface area (Å²) in [6.45, 7) is 5.13. The van der Waals surface area contributed by atoms with Crippen molar-refractivity contribution in [3.8, 4) is 0 Å². The van der Waals surface area contributed by atoms with Crippen molar-refractivity contribution in [3.05, 3.63) is 52.0 Å². The number of rotatable bonds is 4. The molecule has 0 fully saturated rings. The minimum Gasteiger partial charge on any atom is -0.305 e. The highest BCUT2D eigenvalue weighted by atomic mass is 32.1. The molecule has 2 heterocycles. The second kappa shape index (κ2) is 5.23. The van der Waals surface area contributed by atoms with E-state index in [1.807, 2.05) is 12.4 Å². The van der Waals surface area contributed by atoms with Crippen molar-refractivity contribution >= 4 is 11.3 Å². The quantitative estimate of drug-likeness (QED) is 0.875. The number of aromatic nitrogens is 1. The number of nitrogens with one attached hydrogen (secondary N) is 1. The lowest BCUT2D eigenvalue weighted by atomic mass is 10.2. The van der Waals surface area contributed by atoms with Crippen LogP contribution in [0.3, 0.4) is 0 Å². The molecule has 0 amide bonds. The van der Waals surface area contributed by atoms with Gasteiger partial charge in [-0.3, -0.25) is 4.98 Å². The van der Waals surface area contributed by atoms with E-state index < -0.39 is 0 Å². The number of nitrogens with zero attached hydrogens (tertiary/aromatic N) is 1. The summed E-state index contributed by atoms with van der Waals surface area (Å²) in [4.78, 5) is 5.56. The molecule has 0 radical (unpaired) electrons. The van der Waals surface area contributed by atoms with Crippen LogP contribution in [0.1, 0.15) is 29.0 Å². The maximum atomic E-state index is 4.19. The normalized spacial score (nSPS) is 12.6. The first-order chi connectivity index (χ1) is 7.75. The Bertz CT molecular complexity index is 437. The molecule has 0 aromatic carbocycles. The van der Waals surface area contributed by atoms with Crippen molar-refractivity contribution in [2.45, 2.75) is 26.4 Å². The zero-order valence-electron chi connectivity index (χ0n) is 9.60. The maximum absolute atomic E-state index is 4.19. The van der Waals surface area contributed by atoms with E-state index in [0.29, 0.717) is 6.04 Å². The molecular formula is C13H16N2S. The third-order valence-corrected chi connectivity index (χ3v) is 3.57. The number of thiophene rings is 1. The first kappa shape index (κ1) is 11.3. The molecule has 1 atom stereocenters. The van der Waals surface area contributed by atoms with Crippen molar-refractivity contribution < 1.29 is 0 Å². The summed E-state index contributed by atoms with van der Waals surface area (Å²) >= 11 is 1.79. The lowest BCUT2D eigenvalue weighted by Gasteiger charge is -2.12. The van der Waals surface area contributed by atoms with Gasteiger partial charge in [0.15, 0.2) is 0 Å². The summed E-state index contributed by atoms with van der Waals surface area (Å²) in [7, 11) is 0. The second-order valence-electron chi connectivity index (χ2n) is 3.99. The Hall–Kier alpha value is -1.19. The van der Waals surface area contributed by atoms with Crippen LogP contribution in [-0.2, 0) is 6.54 Å². The van der Waals surface area contributed by atoms with Crippen LogP contribution in [0.25, 0.3) is 0 Å². The second-order valence-corrected chi connectivity index (χ2v) is 4.97. The Labute approximate surface area is 100 Å². The van der Waals surface area contributed by atoms with Crippen LogP contribution in [0.5, 0.6) is 0 Å². The number of hydrogen-bond donors (Lipinski definition) is 1. The molecule has 1 N–H and O–H groups in total. The van der Waals surface area contributed by atoms with Crippen molar-refractivity contribution in [2.75, 3.05) is 0 Å². The smallest absolute Gasteiger partial charge is 0.0388 e. The summed E-state index contributed by atoms with van der Waals surface area (Å²) < 4.78 is 0. The highest BCUT2D eigenvalue weighted by Crippen LogP contribution is 2.18. The molecule has 0 aliphatic heterocycles. The van der Waals surface area contributed by atoms with Crippen molar-refractivity contribution in [2.24, 2.45) is 0 Å². The van der Waals surface area contributed by atoms with Gasteiger partial charge in [0, 0.05) is 29.9 Å². The van der Waals surface area contributed by atoms with E-state index >= 15 is 0 Å². The monoisotopic (exact) mass is 232 g/mol. The van der Waals surface area contributed by atoms with Gasteiger partial charge in [-0.1, -0.05) is 12.1 Å². The minimum atomic E-state index is 0.403. The molecule has 2 rings (SSSR count). The molecule has 0 saturated heterocycles. The largest absolute Gasteiger partial charge is 0.305 e. The minimum absolute atomic E-state index is 0.403. The summed E-state index contributed by atoms with van der Waals surface area (Å²) in [6.07, 6.45) is 3.80. The predicted octanol–water partition coefficient (Wildman–Crippen LogP) is 3.30. The molecule has 2 aromatic rings. The first-order valence-corrected chi connectivity index (χ1v) is 6.31. The van der Waals surface area contributed by atoms with Crippen LogP contribution in [-0.4, -0.2) is 4.98 Å².